The number of phenolic OH excluding ortho intramolecular Hbond substituents is 1. The highest BCUT2D eigenvalue weighted by atomic mass is 35.5. The standard InChI is InChI=1S/C15H20ClFN2O.2ClH/c1-10(2)7-14(19-5-3-18-4-6-19)12-8-11(17)9-13(16)15(12)20;;/h8-9,14,18,20H,1,3-7H2,2H3;2*1H/t14-;;/m0../s1. The first kappa shape index (κ1) is 21.5. The molecule has 0 aromatic heterocycles. The number of piperazine rings is 1. The van der Waals surface area contributed by atoms with Crippen LogP contribution in [0.3, 0.4) is 0 Å². The van der Waals surface area contributed by atoms with E-state index in [2.05, 4.69) is 16.8 Å². The molecule has 1 saturated heterocycles. The number of hydrogen-bond donors (Lipinski definition) is 2. The van der Waals surface area contributed by atoms with Gasteiger partial charge in [-0.3, -0.25) is 4.90 Å². The van der Waals surface area contributed by atoms with Crippen LogP contribution in [0.1, 0.15) is 24.9 Å². The minimum Gasteiger partial charge on any atom is -0.506 e. The van der Waals surface area contributed by atoms with Gasteiger partial charge in [-0.05, 0) is 25.5 Å². The SMILES string of the molecule is C=C(C)C[C@@H](c1cc(F)cc(Cl)c1O)N1CCNCC1.Cl.Cl. The molecule has 1 aliphatic rings. The zero-order chi connectivity index (χ0) is 14.7. The van der Waals surface area contributed by atoms with Gasteiger partial charge < -0.3 is 10.4 Å². The first-order valence-electron chi connectivity index (χ1n) is 6.76. The molecule has 0 spiro atoms. The fourth-order valence-corrected chi connectivity index (χ4v) is 2.81. The second kappa shape index (κ2) is 9.58. The van der Waals surface area contributed by atoms with E-state index in [1.54, 1.807) is 0 Å². The molecule has 0 saturated carbocycles. The third-order valence-corrected chi connectivity index (χ3v) is 3.84. The Kier molecular flexibility index (Phi) is 9.35. The second-order valence-corrected chi connectivity index (χ2v) is 5.70. The van der Waals surface area contributed by atoms with E-state index >= 15 is 0 Å². The Labute approximate surface area is 148 Å². The molecule has 2 rings (SSSR count). The first-order chi connectivity index (χ1) is 9.49. The summed E-state index contributed by atoms with van der Waals surface area (Å²) in [5.41, 5.74) is 1.54. The van der Waals surface area contributed by atoms with Crippen molar-refractivity contribution in [2.24, 2.45) is 0 Å². The lowest BCUT2D eigenvalue weighted by atomic mass is 9.97. The summed E-state index contributed by atoms with van der Waals surface area (Å²) in [6.07, 6.45) is 0.674. The van der Waals surface area contributed by atoms with E-state index in [9.17, 15) is 9.50 Å². The van der Waals surface area contributed by atoms with Crippen molar-refractivity contribution in [3.05, 3.63) is 40.7 Å². The molecule has 126 valence electrons. The van der Waals surface area contributed by atoms with Crippen molar-refractivity contribution >= 4 is 36.4 Å². The molecular formula is C15H22Cl3FN2O. The number of rotatable bonds is 4. The summed E-state index contributed by atoms with van der Waals surface area (Å²) in [5.74, 6) is -0.456. The monoisotopic (exact) mass is 370 g/mol. The van der Waals surface area contributed by atoms with Gasteiger partial charge in [0.2, 0.25) is 0 Å². The largest absolute Gasteiger partial charge is 0.506 e. The maximum atomic E-state index is 13.6. The van der Waals surface area contributed by atoms with Crippen molar-refractivity contribution in [1.29, 1.82) is 0 Å². The fourth-order valence-electron chi connectivity index (χ4n) is 2.60. The average Bonchev–Trinajstić information content (AvgIpc) is 2.41. The van der Waals surface area contributed by atoms with E-state index in [0.717, 1.165) is 37.8 Å². The van der Waals surface area contributed by atoms with Crippen LogP contribution < -0.4 is 5.32 Å². The summed E-state index contributed by atoms with van der Waals surface area (Å²) in [7, 11) is 0. The number of phenols is 1. The molecule has 0 unspecified atom stereocenters. The smallest absolute Gasteiger partial charge is 0.139 e. The Morgan fingerprint density at radius 2 is 2.00 bits per heavy atom. The van der Waals surface area contributed by atoms with Crippen molar-refractivity contribution in [3.8, 4) is 5.75 Å². The predicted octanol–water partition coefficient (Wildman–Crippen LogP) is 3.94. The summed E-state index contributed by atoms with van der Waals surface area (Å²) >= 11 is 5.90. The Bertz CT molecular complexity index is 508. The summed E-state index contributed by atoms with van der Waals surface area (Å²) in [4.78, 5) is 2.23. The van der Waals surface area contributed by atoms with Gasteiger partial charge in [0.1, 0.15) is 11.6 Å². The van der Waals surface area contributed by atoms with Crippen LogP contribution in [0.15, 0.2) is 24.3 Å². The second-order valence-electron chi connectivity index (χ2n) is 5.29. The van der Waals surface area contributed by atoms with E-state index in [0.29, 0.717) is 12.0 Å². The number of nitrogens with one attached hydrogen (secondary N) is 1. The third kappa shape index (κ3) is 5.28. The third-order valence-electron chi connectivity index (χ3n) is 3.55. The van der Waals surface area contributed by atoms with Crippen LogP contribution in [0.4, 0.5) is 4.39 Å². The Morgan fingerprint density at radius 3 is 2.55 bits per heavy atom. The zero-order valence-corrected chi connectivity index (χ0v) is 14.8. The van der Waals surface area contributed by atoms with Gasteiger partial charge in [0.05, 0.1) is 5.02 Å². The van der Waals surface area contributed by atoms with Gasteiger partial charge in [0, 0.05) is 37.8 Å². The Morgan fingerprint density at radius 1 is 1.41 bits per heavy atom. The van der Waals surface area contributed by atoms with E-state index in [-0.39, 0.29) is 41.6 Å². The molecule has 0 radical (unpaired) electrons. The minimum atomic E-state index is -0.426. The molecule has 22 heavy (non-hydrogen) atoms. The first-order valence-corrected chi connectivity index (χ1v) is 7.14. The van der Waals surface area contributed by atoms with E-state index in [1.165, 1.54) is 6.07 Å². The van der Waals surface area contributed by atoms with Crippen molar-refractivity contribution in [1.82, 2.24) is 10.2 Å². The summed E-state index contributed by atoms with van der Waals surface area (Å²) in [6, 6.07) is 2.41. The maximum absolute atomic E-state index is 13.6. The van der Waals surface area contributed by atoms with Gasteiger partial charge in [-0.1, -0.05) is 17.2 Å². The summed E-state index contributed by atoms with van der Waals surface area (Å²) in [5, 5.41) is 13.5. The van der Waals surface area contributed by atoms with Gasteiger partial charge in [-0.2, -0.15) is 0 Å². The maximum Gasteiger partial charge on any atom is 0.139 e. The van der Waals surface area contributed by atoms with Crippen molar-refractivity contribution in [2.75, 3.05) is 26.2 Å². The van der Waals surface area contributed by atoms with Crippen molar-refractivity contribution in [3.63, 3.8) is 0 Å². The fraction of sp³-hybridized carbons (Fsp3) is 0.467. The number of hydrogen-bond acceptors (Lipinski definition) is 3. The van der Waals surface area contributed by atoms with E-state index in [1.807, 2.05) is 6.92 Å². The Hall–Kier alpha value is -0.520. The molecule has 1 heterocycles. The van der Waals surface area contributed by atoms with Crippen LogP contribution in [-0.2, 0) is 0 Å². The molecular weight excluding hydrogens is 350 g/mol. The lowest BCUT2D eigenvalue weighted by Crippen LogP contribution is -2.45. The van der Waals surface area contributed by atoms with E-state index < -0.39 is 5.82 Å². The quantitative estimate of drug-likeness (QED) is 0.787. The van der Waals surface area contributed by atoms with E-state index in [4.69, 9.17) is 11.6 Å². The van der Waals surface area contributed by atoms with Crippen LogP contribution in [0.25, 0.3) is 0 Å². The van der Waals surface area contributed by atoms with Gasteiger partial charge in [0.15, 0.2) is 0 Å². The van der Waals surface area contributed by atoms with Gasteiger partial charge in [-0.25, -0.2) is 4.39 Å². The van der Waals surface area contributed by atoms with Crippen molar-refractivity contribution < 1.29 is 9.50 Å². The molecule has 1 aromatic rings. The molecule has 1 aromatic carbocycles. The van der Waals surface area contributed by atoms with Crippen molar-refractivity contribution in [2.45, 2.75) is 19.4 Å². The van der Waals surface area contributed by atoms with Gasteiger partial charge in [-0.15, -0.1) is 31.4 Å². The number of benzene rings is 1. The van der Waals surface area contributed by atoms with Crippen LogP contribution >= 0.6 is 36.4 Å². The highest BCUT2D eigenvalue weighted by molar-refractivity contribution is 6.32. The number of aromatic hydroxyl groups is 1. The number of halogens is 4. The van der Waals surface area contributed by atoms with Crippen LogP contribution in [0.5, 0.6) is 5.75 Å². The van der Waals surface area contributed by atoms with Crippen LogP contribution in [-0.4, -0.2) is 36.2 Å². The summed E-state index contributed by atoms with van der Waals surface area (Å²) in [6.45, 7) is 9.35. The van der Waals surface area contributed by atoms with Gasteiger partial charge in [0.25, 0.3) is 0 Å². The molecule has 2 N–H and O–H groups in total. The normalized spacial score (nSPS) is 16.3. The summed E-state index contributed by atoms with van der Waals surface area (Å²) < 4.78 is 13.6. The van der Waals surface area contributed by atoms with Crippen LogP contribution in [0, 0.1) is 5.82 Å². The molecule has 3 nitrogen and oxygen atoms in total. The molecule has 0 amide bonds. The lowest BCUT2D eigenvalue weighted by molar-refractivity contribution is 0.169. The molecule has 0 aliphatic carbocycles. The van der Waals surface area contributed by atoms with Crippen LogP contribution in [0.2, 0.25) is 5.02 Å². The number of nitrogens with zero attached hydrogens (tertiary/aromatic N) is 1. The molecule has 7 heteroatoms. The lowest BCUT2D eigenvalue weighted by Gasteiger charge is -2.35. The molecule has 0 bridgehead atoms. The highest BCUT2D eigenvalue weighted by Crippen LogP contribution is 2.38. The van der Waals surface area contributed by atoms with Gasteiger partial charge >= 0.3 is 0 Å². The molecule has 1 atom stereocenters. The molecule has 1 fully saturated rings. The predicted molar refractivity (Wildman–Crippen MR) is 94.2 cm³/mol. The molecule has 1 aliphatic heterocycles. The zero-order valence-electron chi connectivity index (χ0n) is 12.4. The highest BCUT2D eigenvalue weighted by Gasteiger charge is 2.26. The Balaban J connectivity index is 0.00000220. The topological polar surface area (TPSA) is 35.5 Å². The average molecular weight is 372 g/mol. The minimum absolute atomic E-state index is 0.